The Hall–Kier alpha value is -2.05. The maximum atomic E-state index is 13.6. The van der Waals surface area contributed by atoms with Crippen LogP contribution in [-0.2, 0) is 74.8 Å². The van der Waals surface area contributed by atoms with Gasteiger partial charge in [0.15, 0.2) is 18.9 Å². The fourth-order valence-electron chi connectivity index (χ4n) is 9.71. The molecule has 12 N–H and O–H groups in total. The van der Waals surface area contributed by atoms with Crippen LogP contribution in [0.3, 0.4) is 0 Å². The Balaban J connectivity index is 1.50. The van der Waals surface area contributed by atoms with Gasteiger partial charge in [0.05, 0.1) is 83.9 Å². The Labute approximate surface area is 510 Å². The Kier molecular flexibility index (Phi) is 38.4. The molecule has 0 bridgehead atoms. The highest BCUT2D eigenvalue weighted by molar-refractivity contribution is 7.47. The van der Waals surface area contributed by atoms with Crippen LogP contribution in [0.5, 0.6) is 0 Å². The second-order valence-electron chi connectivity index (χ2n) is 22.3. The first-order chi connectivity index (χ1) is 41.3. The molecule has 0 aliphatic carbocycles. The normalized spacial score (nSPS) is 29.1. The standard InChI is InChI=1S/C54H103N3O28P2/c1-36(2)75-28-19-56(44(63)16-10-7-13-26-77-53-38(4)47(66)50(69)41(34-60)84-53)21-30-80-87(73,74)82-32-23-57(45(64)17-11-8-14-27-78-54-39(5)48(67)51(70)42(35-61)85-54)22-31-81-86(71,72)79-29-20-55(18-24-58)43(62)15-9-6-12-25-76-52-37(3)46(65)49(68)40(33-59)83-52/h36-42,46-54,58-61,65-70H,6-35H2,1-5H3,(H,71,72)(H,73,74). The molecule has 0 aromatic rings. The molecule has 3 rings (SSSR count). The van der Waals surface area contributed by atoms with Gasteiger partial charge in [-0.2, -0.15) is 0 Å². The molecule has 3 aliphatic rings. The van der Waals surface area contributed by atoms with Crippen LogP contribution in [0, 0.1) is 17.8 Å². The van der Waals surface area contributed by atoms with Crippen molar-refractivity contribution in [1.29, 1.82) is 0 Å². The third kappa shape index (κ3) is 28.8. The summed E-state index contributed by atoms with van der Waals surface area (Å²) in [7, 11) is -9.60. The Morgan fingerprint density at radius 3 is 0.954 bits per heavy atom. The zero-order chi connectivity index (χ0) is 64.7. The van der Waals surface area contributed by atoms with E-state index >= 15 is 0 Å². The van der Waals surface area contributed by atoms with Gasteiger partial charge < -0.3 is 109 Å². The summed E-state index contributed by atoms with van der Waals surface area (Å²) in [6.07, 6.45) is -8.56. The molecule has 3 heterocycles. The molecule has 0 radical (unpaired) electrons. The third-order valence-corrected chi connectivity index (χ3v) is 17.3. The summed E-state index contributed by atoms with van der Waals surface area (Å²) in [5.74, 6) is -2.82. The first-order valence-corrected chi connectivity index (χ1v) is 33.3. The summed E-state index contributed by atoms with van der Waals surface area (Å²) >= 11 is 0. The molecule has 3 fully saturated rings. The van der Waals surface area contributed by atoms with Crippen LogP contribution in [0.15, 0.2) is 0 Å². The predicted octanol–water partition coefficient (Wildman–Crippen LogP) is -0.887. The van der Waals surface area contributed by atoms with Gasteiger partial charge in [0.2, 0.25) is 17.7 Å². The molecule has 3 saturated heterocycles. The molecule has 0 aromatic heterocycles. The molecule has 0 aromatic carbocycles. The van der Waals surface area contributed by atoms with E-state index in [4.69, 9.17) is 51.3 Å². The van der Waals surface area contributed by atoms with Crippen molar-refractivity contribution in [2.75, 3.05) is 119 Å². The van der Waals surface area contributed by atoms with Gasteiger partial charge in [0, 0.05) is 96.1 Å². The number of unbranched alkanes of at least 4 members (excludes halogenated alkanes) is 6. The van der Waals surface area contributed by atoms with Crippen LogP contribution in [0.25, 0.3) is 0 Å². The fraction of sp³-hybridized carbons (Fsp3) is 0.944. The Bertz CT molecular complexity index is 2000. The van der Waals surface area contributed by atoms with Crippen molar-refractivity contribution in [2.24, 2.45) is 17.8 Å². The number of hydrogen-bond acceptors (Lipinski definition) is 26. The molecule has 87 heavy (non-hydrogen) atoms. The van der Waals surface area contributed by atoms with E-state index in [9.17, 15) is 84.4 Å². The number of aliphatic hydroxyl groups excluding tert-OH is 10. The summed E-state index contributed by atoms with van der Waals surface area (Å²) in [5, 5.41) is 99.3. The van der Waals surface area contributed by atoms with E-state index in [0.29, 0.717) is 57.8 Å². The summed E-state index contributed by atoms with van der Waals surface area (Å²) in [4.78, 5) is 65.1. The van der Waals surface area contributed by atoms with Crippen molar-refractivity contribution >= 4 is 33.4 Å². The average molecular weight is 1300 g/mol. The quantitative estimate of drug-likeness (QED) is 0.0260. The van der Waals surface area contributed by atoms with E-state index in [1.165, 1.54) is 14.7 Å². The maximum absolute atomic E-state index is 13.6. The molecule has 3 aliphatic heterocycles. The van der Waals surface area contributed by atoms with Crippen LogP contribution in [-0.4, -0.2) is 292 Å². The van der Waals surface area contributed by atoms with Crippen LogP contribution in [0.2, 0.25) is 0 Å². The van der Waals surface area contributed by atoms with Crippen LogP contribution in [0.1, 0.15) is 112 Å². The monoisotopic (exact) mass is 1300 g/mol. The van der Waals surface area contributed by atoms with Gasteiger partial charge in [-0.3, -0.25) is 32.5 Å². The molecule has 0 saturated carbocycles. The van der Waals surface area contributed by atoms with Crippen LogP contribution >= 0.6 is 15.6 Å². The lowest BCUT2D eigenvalue weighted by atomic mass is 9.92. The number of aliphatic hydroxyl groups is 10. The Morgan fingerprint density at radius 2 is 0.690 bits per heavy atom. The molecule has 31 nitrogen and oxygen atoms in total. The highest BCUT2D eigenvalue weighted by atomic mass is 31.2. The van der Waals surface area contributed by atoms with E-state index in [2.05, 4.69) is 0 Å². The van der Waals surface area contributed by atoms with Crippen molar-refractivity contribution < 1.29 is 136 Å². The molecule has 512 valence electrons. The number of hydrogen-bond donors (Lipinski definition) is 12. The van der Waals surface area contributed by atoms with Crippen molar-refractivity contribution in [3.63, 3.8) is 0 Å². The third-order valence-electron chi connectivity index (χ3n) is 15.2. The summed E-state index contributed by atoms with van der Waals surface area (Å²) < 4.78 is 86.5. The fourth-order valence-corrected chi connectivity index (χ4v) is 11.1. The summed E-state index contributed by atoms with van der Waals surface area (Å²) in [5.41, 5.74) is 0. The molecule has 33 heteroatoms. The highest BCUT2D eigenvalue weighted by Crippen LogP contribution is 2.44. The average Bonchev–Trinajstić information content (AvgIpc) is 2.03. The molecule has 3 amide bonds. The molecule has 17 unspecified atom stereocenters. The second-order valence-corrected chi connectivity index (χ2v) is 25.2. The number of phosphoric acid groups is 2. The van der Waals surface area contributed by atoms with Crippen LogP contribution in [0.4, 0.5) is 0 Å². The maximum Gasteiger partial charge on any atom is 0.472 e. The lowest BCUT2D eigenvalue weighted by Crippen LogP contribution is -2.55. The number of phosphoric ester groups is 2. The number of nitrogens with zero attached hydrogens (tertiary/aromatic N) is 3. The molecule has 0 spiro atoms. The number of amides is 3. The predicted molar refractivity (Wildman–Crippen MR) is 305 cm³/mol. The van der Waals surface area contributed by atoms with Gasteiger partial charge in [0.25, 0.3) is 0 Å². The largest absolute Gasteiger partial charge is 0.472 e. The smallest absolute Gasteiger partial charge is 0.395 e. The van der Waals surface area contributed by atoms with Crippen molar-refractivity contribution in [2.45, 2.75) is 192 Å². The molecular weight excluding hydrogens is 1200 g/mol. The second kappa shape index (κ2) is 42.2. The van der Waals surface area contributed by atoms with E-state index in [-0.39, 0.29) is 103 Å². The number of rotatable bonds is 46. The van der Waals surface area contributed by atoms with Gasteiger partial charge in [-0.05, 0) is 52.4 Å². The van der Waals surface area contributed by atoms with E-state index in [1.54, 1.807) is 20.8 Å². The van der Waals surface area contributed by atoms with Crippen molar-refractivity contribution in [1.82, 2.24) is 14.7 Å². The minimum atomic E-state index is -4.80. The lowest BCUT2D eigenvalue weighted by Gasteiger charge is -2.40. The minimum Gasteiger partial charge on any atom is -0.395 e. The van der Waals surface area contributed by atoms with Crippen molar-refractivity contribution in [3.8, 4) is 0 Å². The first-order valence-electron chi connectivity index (χ1n) is 30.3. The first kappa shape index (κ1) is 79.2. The zero-order valence-electron chi connectivity index (χ0n) is 51.1. The van der Waals surface area contributed by atoms with Gasteiger partial charge in [-0.1, -0.05) is 40.0 Å². The van der Waals surface area contributed by atoms with E-state index in [0.717, 1.165) is 0 Å². The van der Waals surface area contributed by atoms with Gasteiger partial charge in [0.1, 0.15) is 36.6 Å². The van der Waals surface area contributed by atoms with Gasteiger partial charge in [-0.25, -0.2) is 9.13 Å². The summed E-state index contributed by atoms with van der Waals surface area (Å²) in [6, 6.07) is 0. The van der Waals surface area contributed by atoms with E-state index < -0.39 is 166 Å². The topological polar surface area (TPSA) is 439 Å². The summed E-state index contributed by atoms with van der Waals surface area (Å²) in [6.45, 7) is 4.60. The lowest BCUT2D eigenvalue weighted by molar-refractivity contribution is -0.282. The molecular formula is C54H103N3O28P2. The highest BCUT2D eigenvalue weighted by Gasteiger charge is 2.45. The van der Waals surface area contributed by atoms with Crippen molar-refractivity contribution in [3.05, 3.63) is 0 Å². The molecule has 17 atom stereocenters. The van der Waals surface area contributed by atoms with Gasteiger partial charge >= 0.3 is 15.6 Å². The zero-order valence-corrected chi connectivity index (χ0v) is 52.9. The van der Waals surface area contributed by atoms with E-state index in [1.807, 2.05) is 13.8 Å². The number of carbonyl (C=O) groups is 3. The number of ether oxygens (including phenoxy) is 7. The minimum absolute atomic E-state index is 0.0519. The SMILES string of the molecule is CC(C)OCCN(CCOP(=O)(O)OCCN(CCOP(=O)(O)OCCN(CCO)C(=O)CCCCCOC1OC(CO)C(O)C(O)C1C)C(=O)CCCCCOC1OC(CO)C(O)C(O)C1C)C(=O)CCCCCOC1OC(CO)C(O)C(O)C1C. The number of carbonyl (C=O) groups excluding carboxylic acids is 3. The Morgan fingerprint density at radius 1 is 0.414 bits per heavy atom. The van der Waals surface area contributed by atoms with Crippen LogP contribution < -0.4 is 0 Å². The van der Waals surface area contributed by atoms with Gasteiger partial charge in [-0.15, -0.1) is 0 Å².